The maximum Gasteiger partial charge on any atom is 0.222 e. The molecule has 0 radical (unpaired) electrons. The molecule has 0 saturated carbocycles. The van der Waals surface area contributed by atoms with Crippen molar-refractivity contribution in [2.45, 2.75) is 59.9 Å². The van der Waals surface area contributed by atoms with Gasteiger partial charge in [0.05, 0.1) is 0 Å². The zero-order chi connectivity index (χ0) is 11.1. The maximum absolute atomic E-state index is 11.8. The molecule has 0 aliphatic heterocycles. The first-order valence-electron chi connectivity index (χ1n) is 5.82. The van der Waals surface area contributed by atoms with E-state index in [-0.39, 0.29) is 0 Å². The van der Waals surface area contributed by atoms with Crippen LogP contribution < -0.4 is 0 Å². The highest BCUT2D eigenvalue weighted by atomic mass is 16.2. The van der Waals surface area contributed by atoms with Crippen LogP contribution in [-0.2, 0) is 4.79 Å². The Morgan fingerprint density at radius 3 is 2.14 bits per heavy atom. The molecule has 0 N–H and O–H groups in total. The van der Waals surface area contributed by atoms with E-state index >= 15 is 0 Å². The summed E-state index contributed by atoms with van der Waals surface area (Å²) in [5, 5.41) is 0. The summed E-state index contributed by atoms with van der Waals surface area (Å²) in [5.74, 6) is 0.875. The topological polar surface area (TPSA) is 20.3 Å². The van der Waals surface area contributed by atoms with Crippen molar-refractivity contribution >= 4 is 5.91 Å². The van der Waals surface area contributed by atoms with Gasteiger partial charge in [-0.25, -0.2) is 0 Å². The standard InChI is InChI=1S/C12H25NO/c1-6-8-12(14)13(9-10(3)4)11(5)7-2/h10-11H,6-9H2,1-5H3. The molecule has 0 fully saturated rings. The second-order valence-electron chi connectivity index (χ2n) is 4.45. The van der Waals surface area contributed by atoms with Crippen LogP contribution in [0, 0.1) is 5.92 Å². The number of nitrogens with zero attached hydrogens (tertiary/aromatic N) is 1. The maximum atomic E-state index is 11.8. The predicted octanol–water partition coefficient (Wildman–Crippen LogP) is 3.07. The van der Waals surface area contributed by atoms with Crippen LogP contribution in [0.1, 0.15) is 53.9 Å². The smallest absolute Gasteiger partial charge is 0.222 e. The van der Waals surface area contributed by atoms with Gasteiger partial charge in [-0.2, -0.15) is 0 Å². The number of hydrogen-bond acceptors (Lipinski definition) is 1. The van der Waals surface area contributed by atoms with Gasteiger partial charge in [-0.3, -0.25) is 4.79 Å². The molecule has 0 spiro atoms. The van der Waals surface area contributed by atoms with E-state index in [2.05, 4.69) is 34.6 Å². The van der Waals surface area contributed by atoms with E-state index in [1.807, 2.05) is 4.90 Å². The quantitative estimate of drug-likeness (QED) is 0.644. The summed E-state index contributed by atoms with van der Waals surface area (Å²) in [5.41, 5.74) is 0. The summed E-state index contributed by atoms with van der Waals surface area (Å²) >= 11 is 0. The molecule has 0 aromatic heterocycles. The summed E-state index contributed by atoms with van der Waals surface area (Å²) in [6, 6.07) is 0.386. The SMILES string of the molecule is CCCC(=O)N(CC(C)C)C(C)CC. The van der Waals surface area contributed by atoms with Crippen LogP contribution in [0.25, 0.3) is 0 Å². The fraction of sp³-hybridized carbons (Fsp3) is 0.917. The largest absolute Gasteiger partial charge is 0.340 e. The number of rotatable bonds is 6. The number of carbonyl (C=O) groups excluding carboxylic acids is 1. The Bertz CT molecular complexity index is 166. The molecular weight excluding hydrogens is 174 g/mol. The summed E-state index contributed by atoms with van der Waals surface area (Å²) in [6.07, 6.45) is 2.68. The minimum atomic E-state index is 0.315. The molecule has 1 amide bonds. The average molecular weight is 199 g/mol. The van der Waals surface area contributed by atoms with E-state index in [9.17, 15) is 4.79 Å². The summed E-state index contributed by atoms with van der Waals surface area (Å²) in [7, 11) is 0. The highest BCUT2D eigenvalue weighted by Gasteiger charge is 2.18. The van der Waals surface area contributed by atoms with Crippen molar-refractivity contribution in [1.82, 2.24) is 4.90 Å². The predicted molar refractivity (Wildman–Crippen MR) is 61.2 cm³/mol. The molecule has 0 aliphatic carbocycles. The average Bonchev–Trinajstić information content (AvgIpc) is 2.13. The van der Waals surface area contributed by atoms with E-state index in [1.165, 1.54) is 0 Å². The van der Waals surface area contributed by atoms with Gasteiger partial charge in [-0.05, 0) is 25.7 Å². The van der Waals surface area contributed by atoms with Crippen molar-refractivity contribution in [3.8, 4) is 0 Å². The molecule has 84 valence electrons. The number of amides is 1. The van der Waals surface area contributed by atoms with Crippen molar-refractivity contribution in [1.29, 1.82) is 0 Å². The monoisotopic (exact) mass is 199 g/mol. The lowest BCUT2D eigenvalue weighted by Gasteiger charge is -2.30. The third-order valence-corrected chi connectivity index (χ3v) is 2.47. The Morgan fingerprint density at radius 1 is 1.21 bits per heavy atom. The Kier molecular flexibility index (Phi) is 6.60. The van der Waals surface area contributed by atoms with Gasteiger partial charge < -0.3 is 4.90 Å². The van der Waals surface area contributed by atoms with Crippen LogP contribution in [0.15, 0.2) is 0 Å². The first-order chi connectivity index (χ1) is 6.52. The van der Waals surface area contributed by atoms with Gasteiger partial charge in [-0.1, -0.05) is 27.7 Å². The van der Waals surface area contributed by atoms with Crippen molar-refractivity contribution in [3.63, 3.8) is 0 Å². The summed E-state index contributed by atoms with van der Waals surface area (Å²) in [4.78, 5) is 13.8. The molecule has 0 bridgehead atoms. The Labute approximate surface area is 88.7 Å². The molecule has 14 heavy (non-hydrogen) atoms. The summed E-state index contributed by atoms with van der Waals surface area (Å²) in [6.45, 7) is 11.5. The van der Waals surface area contributed by atoms with Gasteiger partial charge in [0, 0.05) is 19.0 Å². The molecular formula is C12H25NO. The van der Waals surface area contributed by atoms with Crippen molar-refractivity contribution in [2.24, 2.45) is 5.92 Å². The molecule has 0 saturated heterocycles. The molecule has 0 aliphatic rings. The van der Waals surface area contributed by atoms with E-state index in [4.69, 9.17) is 0 Å². The van der Waals surface area contributed by atoms with Gasteiger partial charge in [0.2, 0.25) is 5.91 Å². The van der Waals surface area contributed by atoms with Gasteiger partial charge >= 0.3 is 0 Å². The van der Waals surface area contributed by atoms with Crippen LogP contribution in [0.2, 0.25) is 0 Å². The van der Waals surface area contributed by atoms with Gasteiger partial charge in [0.1, 0.15) is 0 Å². The fourth-order valence-electron chi connectivity index (χ4n) is 1.50. The van der Waals surface area contributed by atoms with Crippen LogP contribution in [-0.4, -0.2) is 23.4 Å². The normalized spacial score (nSPS) is 13.0. The highest BCUT2D eigenvalue weighted by Crippen LogP contribution is 2.10. The van der Waals surface area contributed by atoms with E-state index in [0.717, 1.165) is 19.4 Å². The first-order valence-corrected chi connectivity index (χ1v) is 5.82. The Morgan fingerprint density at radius 2 is 1.79 bits per heavy atom. The summed E-state index contributed by atoms with van der Waals surface area (Å²) < 4.78 is 0. The van der Waals surface area contributed by atoms with Crippen LogP contribution in [0.5, 0.6) is 0 Å². The van der Waals surface area contributed by atoms with Gasteiger partial charge in [0.25, 0.3) is 0 Å². The van der Waals surface area contributed by atoms with Crippen LogP contribution in [0.3, 0.4) is 0 Å². The van der Waals surface area contributed by atoms with Gasteiger partial charge in [0.15, 0.2) is 0 Å². The first kappa shape index (κ1) is 13.5. The molecule has 1 atom stereocenters. The lowest BCUT2D eigenvalue weighted by atomic mass is 10.1. The second kappa shape index (κ2) is 6.86. The molecule has 0 rings (SSSR count). The van der Waals surface area contributed by atoms with Crippen molar-refractivity contribution < 1.29 is 4.79 Å². The zero-order valence-corrected chi connectivity index (χ0v) is 10.3. The molecule has 1 unspecified atom stereocenters. The molecule has 0 heterocycles. The van der Waals surface area contributed by atoms with Crippen molar-refractivity contribution in [3.05, 3.63) is 0 Å². The third kappa shape index (κ3) is 4.64. The van der Waals surface area contributed by atoms with E-state index in [1.54, 1.807) is 0 Å². The lowest BCUT2D eigenvalue weighted by Crippen LogP contribution is -2.40. The molecule has 2 heteroatoms. The lowest BCUT2D eigenvalue weighted by molar-refractivity contribution is -0.133. The third-order valence-electron chi connectivity index (χ3n) is 2.47. The molecule has 0 aromatic carbocycles. The van der Waals surface area contributed by atoms with E-state index < -0.39 is 0 Å². The number of hydrogen-bond donors (Lipinski definition) is 0. The van der Waals surface area contributed by atoms with Crippen molar-refractivity contribution in [2.75, 3.05) is 6.54 Å². The Balaban J connectivity index is 4.30. The number of carbonyl (C=O) groups is 1. The highest BCUT2D eigenvalue weighted by molar-refractivity contribution is 5.76. The zero-order valence-electron chi connectivity index (χ0n) is 10.3. The van der Waals surface area contributed by atoms with Gasteiger partial charge in [-0.15, -0.1) is 0 Å². The molecule has 2 nitrogen and oxygen atoms in total. The molecule has 0 aromatic rings. The van der Waals surface area contributed by atoms with Crippen LogP contribution >= 0.6 is 0 Å². The minimum Gasteiger partial charge on any atom is -0.340 e. The van der Waals surface area contributed by atoms with Crippen LogP contribution in [0.4, 0.5) is 0 Å². The second-order valence-corrected chi connectivity index (χ2v) is 4.45. The minimum absolute atomic E-state index is 0.315. The fourth-order valence-corrected chi connectivity index (χ4v) is 1.50. The Hall–Kier alpha value is -0.530. The van der Waals surface area contributed by atoms with E-state index in [0.29, 0.717) is 24.3 Å².